The van der Waals surface area contributed by atoms with Crippen LogP contribution in [-0.4, -0.2) is 51.8 Å². The molecule has 0 bridgehead atoms. The molecule has 0 aliphatic carbocycles. The number of fused-ring (bicyclic) bond motifs is 1. The molecular formula is C14H16N2O5. The Balaban J connectivity index is 1.74. The second-order valence-corrected chi connectivity index (χ2v) is 5.36. The summed E-state index contributed by atoms with van der Waals surface area (Å²) in [6.07, 6.45) is 2.58. The second kappa shape index (κ2) is 5.23. The molecule has 1 aromatic rings. The summed E-state index contributed by atoms with van der Waals surface area (Å²) in [4.78, 5) is 38.4. The van der Waals surface area contributed by atoms with Crippen LogP contribution in [0.4, 0.5) is 0 Å². The maximum absolute atomic E-state index is 12.4. The van der Waals surface area contributed by atoms with E-state index in [9.17, 15) is 14.4 Å². The van der Waals surface area contributed by atoms with Gasteiger partial charge in [-0.05, 0) is 31.4 Å². The van der Waals surface area contributed by atoms with Crippen LogP contribution in [0, 0.1) is 0 Å². The summed E-state index contributed by atoms with van der Waals surface area (Å²) in [7, 11) is 0. The normalized spacial score (nSPS) is 22.4. The third kappa shape index (κ3) is 2.51. The molecule has 3 rings (SSSR count). The van der Waals surface area contributed by atoms with Gasteiger partial charge >= 0.3 is 5.97 Å². The molecule has 2 amide bonds. The van der Waals surface area contributed by atoms with Crippen LogP contribution in [0.1, 0.15) is 35.6 Å². The molecule has 1 unspecified atom stereocenters. The average molecular weight is 292 g/mol. The summed E-state index contributed by atoms with van der Waals surface area (Å²) in [6, 6.07) is 2.50. The lowest BCUT2D eigenvalue weighted by Crippen LogP contribution is -2.60. The molecule has 2 aliphatic heterocycles. The van der Waals surface area contributed by atoms with Gasteiger partial charge in [0, 0.05) is 6.54 Å². The zero-order valence-electron chi connectivity index (χ0n) is 11.4. The van der Waals surface area contributed by atoms with Gasteiger partial charge < -0.3 is 19.3 Å². The summed E-state index contributed by atoms with van der Waals surface area (Å²) in [5, 5.41) is 8.82. The van der Waals surface area contributed by atoms with Crippen molar-refractivity contribution in [2.75, 3.05) is 13.1 Å². The Kier molecular flexibility index (Phi) is 3.40. The van der Waals surface area contributed by atoms with Crippen molar-refractivity contribution in [3.63, 3.8) is 0 Å². The Hall–Kier alpha value is -2.31. The molecule has 0 spiro atoms. The predicted octanol–water partition coefficient (Wildman–Crippen LogP) is 0.701. The number of carbonyl (C=O) groups excluding carboxylic acids is 2. The third-order valence-electron chi connectivity index (χ3n) is 3.97. The van der Waals surface area contributed by atoms with Crippen molar-refractivity contribution in [3.8, 4) is 0 Å². The standard InChI is InChI=1S/C14H16N2O5/c17-12-8-15(7-9-4-5-11(21-9)14(19)20)13(18)10-3-1-2-6-16(10)12/h4-5,10H,1-3,6-8H2,(H,19,20). The minimum Gasteiger partial charge on any atom is -0.475 e. The Morgan fingerprint density at radius 1 is 1.33 bits per heavy atom. The van der Waals surface area contributed by atoms with Gasteiger partial charge in [-0.15, -0.1) is 0 Å². The SMILES string of the molecule is O=C(O)c1ccc(CN2CC(=O)N3CCCCC3C2=O)o1. The summed E-state index contributed by atoms with van der Waals surface area (Å²) in [5.74, 6) is -1.08. The summed E-state index contributed by atoms with van der Waals surface area (Å²) >= 11 is 0. The second-order valence-electron chi connectivity index (χ2n) is 5.36. The zero-order valence-corrected chi connectivity index (χ0v) is 11.4. The number of piperazine rings is 1. The first kappa shape index (κ1) is 13.7. The topological polar surface area (TPSA) is 91.1 Å². The highest BCUT2D eigenvalue weighted by Crippen LogP contribution is 2.24. The van der Waals surface area contributed by atoms with Gasteiger partial charge in [-0.2, -0.15) is 0 Å². The molecule has 21 heavy (non-hydrogen) atoms. The minimum absolute atomic E-state index is 0.0262. The molecule has 2 fully saturated rings. The summed E-state index contributed by atoms with van der Waals surface area (Å²) < 4.78 is 5.15. The van der Waals surface area contributed by atoms with E-state index in [2.05, 4.69) is 0 Å². The number of nitrogens with zero attached hydrogens (tertiary/aromatic N) is 2. The summed E-state index contributed by atoms with van der Waals surface area (Å²) in [5.41, 5.74) is 0. The van der Waals surface area contributed by atoms with Crippen molar-refractivity contribution >= 4 is 17.8 Å². The van der Waals surface area contributed by atoms with Crippen LogP contribution in [0.25, 0.3) is 0 Å². The Labute approximate surface area is 121 Å². The van der Waals surface area contributed by atoms with E-state index in [0.29, 0.717) is 18.7 Å². The molecule has 1 atom stereocenters. The van der Waals surface area contributed by atoms with Crippen LogP contribution >= 0.6 is 0 Å². The number of carbonyl (C=O) groups is 3. The largest absolute Gasteiger partial charge is 0.475 e. The van der Waals surface area contributed by atoms with Gasteiger partial charge in [0.15, 0.2) is 0 Å². The first-order valence-corrected chi connectivity index (χ1v) is 6.96. The number of aromatic carboxylic acids is 1. The number of carboxylic acids is 1. The zero-order chi connectivity index (χ0) is 15.0. The van der Waals surface area contributed by atoms with Crippen LogP contribution in [0.5, 0.6) is 0 Å². The van der Waals surface area contributed by atoms with Gasteiger partial charge in [-0.1, -0.05) is 0 Å². The number of amides is 2. The quantitative estimate of drug-likeness (QED) is 0.885. The van der Waals surface area contributed by atoms with Gasteiger partial charge in [-0.25, -0.2) is 4.79 Å². The smallest absolute Gasteiger partial charge is 0.371 e. The number of carboxylic acid groups (broad SMARTS) is 1. The van der Waals surface area contributed by atoms with E-state index in [1.165, 1.54) is 17.0 Å². The molecule has 7 heteroatoms. The van der Waals surface area contributed by atoms with Crippen LogP contribution in [0.15, 0.2) is 16.5 Å². The molecule has 0 radical (unpaired) electrons. The lowest BCUT2D eigenvalue weighted by Gasteiger charge is -2.42. The highest BCUT2D eigenvalue weighted by atomic mass is 16.4. The Morgan fingerprint density at radius 2 is 2.14 bits per heavy atom. The van der Waals surface area contributed by atoms with E-state index in [-0.39, 0.29) is 36.7 Å². The molecule has 1 N–H and O–H groups in total. The fraction of sp³-hybridized carbons (Fsp3) is 0.500. The highest BCUT2D eigenvalue weighted by molar-refractivity contribution is 5.95. The third-order valence-corrected chi connectivity index (χ3v) is 3.97. The van der Waals surface area contributed by atoms with Gasteiger partial charge in [0.05, 0.1) is 6.54 Å². The Bertz CT molecular complexity index is 594. The predicted molar refractivity (Wildman–Crippen MR) is 70.4 cm³/mol. The van der Waals surface area contributed by atoms with Crippen molar-refractivity contribution in [2.24, 2.45) is 0 Å². The number of rotatable bonds is 3. The molecule has 0 saturated carbocycles. The molecular weight excluding hydrogens is 276 g/mol. The van der Waals surface area contributed by atoms with Crippen molar-refractivity contribution in [1.29, 1.82) is 0 Å². The van der Waals surface area contributed by atoms with Crippen molar-refractivity contribution < 1.29 is 23.9 Å². The van der Waals surface area contributed by atoms with E-state index in [4.69, 9.17) is 9.52 Å². The van der Waals surface area contributed by atoms with E-state index in [1.807, 2.05) is 0 Å². The fourth-order valence-corrected chi connectivity index (χ4v) is 2.93. The van der Waals surface area contributed by atoms with E-state index in [1.54, 1.807) is 4.90 Å². The fourth-order valence-electron chi connectivity index (χ4n) is 2.93. The lowest BCUT2D eigenvalue weighted by atomic mass is 9.98. The highest BCUT2D eigenvalue weighted by Gasteiger charge is 2.40. The molecule has 3 heterocycles. The number of furan rings is 1. The maximum Gasteiger partial charge on any atom is 0.371 e. The molecule has 2 aliphatic rings. The number of hydrogen-bond acceptors (Lipinski definition) is 4. The van der Waals surface area contributed by atoms with E-state index < -0.39 is 5.97 Å². The number of piperidine rings is 1. The molecule has 7 nitrogen and oxygen atoms in total. The van der Waals surface area contributed by atoms with E-state index in [0.717, 1.165) is 12.8 Å². The molecule has 1 aromatic heterocycles. The van der Waals surface area contributed by atoms with E-state index >= 15 is 0 Å². The molecule has 112 valence electrons. The molecule has 0 aromatic carbocycles. The summed E-state index contributed by atoms with van der Waals surface area (Å²) in [6.45, 7) is 0.799. The van der Waals surface area contributed by atoms with Gasteiger partial charge in [0.25, 0.3) is 0 Å². The van der Waals surface area contributed by atoms with Crippen molar-refractivity contribution in [1.82, 2.24) is 9.80 Å². The number of hydrogen-bond donors (Lipinski definition) is 1. The van der Waals surface area contributed by atoms with Crippen molar-refractivity contribution in [2.45, 2.75) is 31.8 Å². The van der Waals surface area contributed by atoms with Crippen LogP contribution in [0.3, 0.4) is 0 Å². The van der Waals surface area contributed by atoms with Crippen LogP contribution in [-0.2, 0) is 16.1 Å². The Morgan fingerprint density at radius 3 is 2.86 bits per heavy atom. The van der Waals surface area contributed by atoms with Crippen LogP contribution < -0.4 is 0 Å². The van der Waals surface area contributed by atoms with Crippen molar-refractivity contribution in [3.05, 3.63) is 23.7 Å². The first-order valence-electron chi connectivity index (χ1n) is 6.96. The average Bonchev–Trinajstić information content (AvgIpc) is 2.93. The van der Waals surface area contributed by atoms with Gasteiger partial charge in [-0.3, -0.25) is 9.59 Å². The molecule has 2 saturated heterocycles. The minimum atomic E-state index is -1.15. The lowest BCUT2D eigenvalue weighted by molar-refractivity contribution is -0.158. The maximum atomic E-state index is 12.4. The first-order chi connectivity index (χ1) is 10.1. The van der Waals surface area contributed by atoms with Gasteiger partial charge in [0.1, 0.15) is 18.3 Å². The van der Waals surface area contributed by atoms with Crippen LogP contribution in [0.2, 0.25) is 0 Å². The van der Waals surface area contributed by atoms with Gasteiger partial charge in [0.2, 0.25) is 17.6 Å². The monoisotopic (exact) mass is 292 g/mol.